The van der Waals surface area contributed by atoms with Gasteiger partial charge in [0.05, 0.1) is 33.4 Å². The van der Waals surface area contributed by atoms with Gasteiger partial charge in [0.15, 0.2) is 17.3 Å². The molecule has 1 saturated heterocycles. The molecule has 130 valence electrons. The normalized spacial score (nSPS) is 21.2. The van der Waals surface area contributed by atoms with Crippen LogP contribution in [0.4, 0.5) is 0 Å². The van der Waals surface area contributed by atoms with Gasteiger partial charge in [-0.15, -0.1) is 0 Å². The average molecular weight is 340 g/mol. The summed E-state index contributed by atoms with van der Waals surface area (Å²) >= 11 is 0. The molecule has 1 aliphatic heterocycles. The van der Waals surface area contributed by atoms with E-state index >= 15 is 0 Å². The molecular formula is C20H20O5. The molecule has 0 amide bonds. The van der Waals surface area contributed by atoms with Crippen LogP contribution in [0.25, 0.3) is 0 Å². The molecule has 0 saturated carbocycles. The first-order chi connectivity index (χ1) is 12.2. The van der Waals surface area contributed by atoms with Gasteiger partial charge in [-0.05, 0) is 17.7 Å². The van der Waals surface area contributed by atoms with Gasteiger partial charge in [-0.2, -0.15) is 0 Å². The minimum atomic E-state index is -0.926. The summed E-state index contributed by atoms with van der Waals surface area (Å²) in [5.74, 6) is 0.206. The van der Waals surface area contributed by atoms with Gasteiger partial charge in [0.25, 0.3) is 0 Å². The number of fused-ring (bicyclic) bond motifs is 2. The number of rotatable bonds is 3. The van der Waals surface area contributed by atoms with E-state index in [0.29, 0.717) is 36.7 Å². The first-order valence-electron chi connectivity index (χ1n) is 8.32. The molecule has 1 spiro atoms. The summed E-state index contributed by atoms with van der Waals surface area (Å²) in [4.78, 5) is 12.7. The highest BCUT2D eigenvalue weighted by atomic mass is 16.7. The molecule has 2 aromatic carbocycles. The number of carbonyl (C=O) groups is 1. The van der Waals surface area contributed by atoms with Crippen LogP contribution in [0.3, 0.4) is 0 Å². The minimum Gasteiger partial charge on any atom is -0.493 e. The van der Waals surface area contributed by atoms with E-state index < -0.39 is 5.79 Å². The molecule has 1 fully saturated rings. The number of carbonyl (C=O) groups excluding carboxylic acids is 1. The Morgan fingerprint density at radius 1 is 1.00 bits per heavy atom. The highest BCUT2D eigenvalue weighted by Gasteiger charge is 2.52. The lowest BCUT2D eigenvalue weighted by Crippen LogP contribution is -2.41. The first kappa shape index (κ1) is 16.1. The lowest BCUT2D eigenvalue weighted by Gasteiger charge is -2.40. The van der Waals surface area contributed by atoms with E-state index in [-0.39, 0.29) is 11.7 Å². The van der Waals surface area contributed by atoms with Gasteiger partial charge in [-0.3, -0.25) is 4.79 Å². The van der Waals surface area contributed by atoms with Crippen molar-refractivity contribution in [3.63, 3.8) is 0 Å². The second-order valence-corrected chi connectivity index (χ2v) is 6.20. The lowest BCUT2D eigenvalue weighted by atomic mass is 9.74. The smallest absolute Gasteiger partial charge is 0.203 e. The molecule has 0 N–H and O–H groups in total. The Labute approximate surface area is 146 Å². The van der Waals surface area contributed by atoms with Crippen molar-refractivity contribution in [1.82, 2.24) is 0 Å². The van der Waals surface area contributed by atoms with Gasteiger partial charge in [-0.1, -0.05) is 30.3 Å². The Morgan fingerprint density at radius 3 is 2.44 bits per heavy atom. The topological polar surface area (TPSA) is 54.0 Å². The maximum absolute atomic E-state index is 12.7. The van der Waals surface area contributed by atoms with E-state index in [1.807, 2.05) is 42.5 Å². The standard InChI is InChI=1S/C20H20O5/c1-22-18-8-7-13(11-19(18)23-2)16-12-17(21)14-5-3-4-6-15(14)20(16)24-9-10-25-20/h3-8,11,16H,9-10,12H2,1-2H3/t16-/m1/s1. The maximum atomic E-state index is 12.7. The van der Waals surface area contributed by atoms with Crippen molar-refractivity contribution in [2.75, 3.05) is 27.4 Å². The SMILES string of the molecule is COc1ccc([C@H]2CC(=O)c3ccccc3C23OCCO3)cc1OC. The Kier molecular flexibility index (Phi) is 3.98. The predicted octanol–water partition coefficient (Wildman–Crippen LogP) is 3.27. The molecule has 0 radical (unpaired) electrons. The Bertz CT molecular complexity index is 807. The number of hydrogen-bond donors (Lipinski definition) is 0. The molecule has 0 unspecified atom stereocenters. The summed E-state index contributed by atoms with van der Waals surface area (Å²) in [6, 6.07) is 13.2. The van der Waals surface area contributed by atoms with Crippen molar-refractivity contribution >= 4 is 5.78 Å². The molecule has 1 atom stereocenters. The van der Waals surface area contributed by atoms with E-state index in [1.165, 1.54) is 0 Å². The molecule has 25 heavy (non-hydrogen) atoms. The molecule has 1 heterocycles. The number of benzene rings is 2. The fourth-order valence-electron chi connectivity index (χ4n) is 3.84. The molecule has 1 aliphatic carbocycles. The predicted molar refractivity (Wildman–Crippen MR) is 91.3 cm³/mol. The van der Waals surface area contributed by atoms with Gasteiger partial charge in [-0.25, -0.2) is 0 Å². The number of methoxy groups -OCH3 is 2. The average Bonchev–Trinajstić information content (AvgIpc) is 3.15. The van der Waals surface area contributed by atoms with Crippen molar-refractivity contribution in [3.05, 3.63) is 59.2 Å². The van der Waals surface area contributed by atoms with Crippen molar-refractivity contribution in [1.29, 1.82) is 0 Å². The van der Waals surface area contributed by atoms with Crippen LogP contribution in [0.2, 0.25) is 0 Å². The molecule has 2 aliphatic rings. The summed E-state index contributed by atoms with van der Waals surface area (Å²) in [5.41, 5.74) is 2.42. The quantitative estimate of drug-likeness (QED) is 0.858. The number of ether oxygens (including phenoxy) is 4. The largest absolute Gasteiger partial charge is 0.493 e. The first-order valence-corrected chi connectivity index (χ1v) is 8.32. The highest BCUT2D eigenvalue weighted by Crippen LogP contribution is 2.51. The Morgan fingerprint density at radius 2 is 1.72 bits per heavy atom. The maximum Gasteiger partial charge on any atom is 0.203 e. The van der Waals surface area contributed by atoms with Crippen molar-refractivity contribution in [2.24, 2.45) is 0 Å². The third-order valence-corrected chi connectivity index (χ3v) is 4.98. The van der Waals surface area contributed by atoms with Gasteiger partial charge in [0.2, 0.25) is 5.79 Å². The van der Waals surface area contributed by atoms with E-state index in [9.17, 15) is 4.79 Å². The fraction of sp³-hybridized carbons (Fsp3) is 0.350. The zero-order valence-electron chi connectivity index (χ0n) is 14.3. The number of Topliss-reactive ketones (excluding diaryl/α,β-unsaturated/α-hetero) is 1. The third kappa shape index (κ3) is 2.42. The molecule has 5 heteroatoms. The summed E-state index contributed by atoms with van der Waals surface area (Å²) in [6.07, 6.45) is 0.326. The summed E-state index contributed by atoms with van der Waals surface area (Å²) in [7, 11) is 3.20. The number of ketones is 1. The Balaban J connectivity index is 1.86. The van der Waals surface area contributed by atoms with Crippen molar-refractivity contribution in [3.8, 4) is 11.5 Å². The second-order valence-electron chi connectivity index (χ2n) is 6.20. The van der Waals surface area contributed by atoms with E-state index in [4.69, 9.17) is 18.9 Å². The molecule has 2 aromatic rings. The van der Waals surface area contributed by atoms with Crippen LogP contribution in [-0.4, -0.2) is 33.2 Å². The van der Waals surface area contributed by atoms with E-state index in [2.05, 4.69) is 0 Å². The van der Waals surface area contributed by atoms with Crippen LogP contribution in [0.5, 0.6) is 11.5 Å². The summed E-state index contributed by atoms with van der Waals surface area (Å²) < 4.78 is 23.0. The van der Waals surface area contributed by atoms with E-state index in [0.717, 1.165) is 11.1 Å². The van der Waals surface area contributed by atoms with Crippen LogP contribution < -0.4 is 9.47 Å². The van der Waals surface area contributed by atoms with Crippen molar-refractivity contribution < 1.29 is 23.7 Å². The number of hydrogen-bond acceptors (Lipinski definition) is 5. The van der Waals surface area contributed by atoms with Crippen LogP contribution in [0.15, 0.2) is 42.5 Å². The van der Waals surface area contributed by atoms with Crippen LogP contribution in [0.1, 0.15) is 33.8 Å². The molecular weight excluding hydrogens is 320 g/mol. The van der Waals surface area contributed by atoms with Gasteiger partial charge >= 0.3 is 0 Å². The molecule has 0 aromatic heterocycles. The van der Waals surface area contributed by atoms with Gasteiger partial charge in [0.1, 0.15) is 0 Å². The zero-order chi connectivity index (χ0) is 17.4. The minimum absolute atomic E-state index is 0.0973. The fourth-order valence-corrected chi connectivity index (χ4v) is 3.84. The molecule has 5 nitrogen and oxygen atoms in total. The molecule has 4 rings (SSSR count). The monoisotopic (exact) mass is 340 g/mol. The van der Waals surface area contributed by atoms with Gasteiger partial charge < -0.3 is 18.9 Å². The zero-order valence-corrected chi connectivity index (χ0v) is 14.3. The van der Waals surface area contributed by atoms with Crippen LogP contribution >= 0.6 is 0 Å². The van der Waals surface area contributed by atoms with E-state index in [1.54, 1.807) is 14.2 Å². The second kappa shape index (κ2) is 6.17. The highest BCUT2D eigenvalue weighted by molar-refractivity contribution is 5.99. The van der Waals surface area contributed by atoms with Crippen LogP contribution in [-0.2, 0) is 15.3 Å². The Hall–Kier alpha value is -2.37. The van der Waals surface area contributed by atoms with Crippen molar-refractivity contribution in [2.45, 2.75) is 18.1 Å². The summed E-state index contributed by atoms with van der Waals surface area (Å²) in [5, 5.41) is 0. The lowest BCUT2D eigenvalue weighted by molar-refractivity contribution is -0.186. The summed E-state index contributed by atoms with van der Waals surface area (Å²) in [6.45, 7) is 1.01. The molecule has 0 bridgehead atoms. The van der Waals surface area contributed by atoms with Gasteiger partial charge in [0, 0.05) is 17.5 Å². The van der Waals surface area contributed by atoms with Crippen LogP contribution in [0, 0.1) is 0 Å². The third-order valence-electron chi connectivity index (χ3n) is 4.98.